The van der Waals surface area contributed by atoms with E-state index in [-0.39, 0.29) is 0 Å². The van der Waals surface area contributed by atoms with Crippen molar-refractivity contribution in [2.45, 2.75) is 0 Å². The number of aromatic nitrogens is 1. The molecule has 20 heavy (non-hydrogen) atoms. The van der Waals surface area contributed by atoms with Gasteiger partial charge in [0.1, 0.15) is 0 Å². The molecule has 1 aromatic heterocycles. The van der Waals surface area contributed by atoms with E-state index in [9.17, 15) is 4.39 Å². The molecule has 3 rings (SSSR count). The van der Waals surface area contributed by atoms with Crippen LogP contribution in [0.4, 0.5) is 15.8 Å². The summed E-state index contributed by atoms with van der Waals surface area (Å²) >= 11 is 6.02. The molecule has 1 aliphatic rings. The number of halogens is 2. The second-order valence-electron chi connectivity index (χ2n) is 4.79. The molecule has 1 aromatic carbocycles. The van der Waals surface area contributed by atoms with E-state index in [1.54, 1.807) is 0 Å². The average molecular weight is 292 g/mol. The third-order valence-corrected chi connectivity index (χ3v) is 3.76. The second-order valence-corrected chi connectivity index (χ2v) is 5.23. The fourth-order valence-corrected chi connectivity index (χ4v) is 2.67. The van der Waals surface area contributed by atoms with Crippen LogP contribution in [-0.4, -0.2) is 31.2 Å². The minimum atomic E-state index is -0.431. The minimum Gasteiger partial charge on any atom is -0.368 e. The Balaban J connectivity index is 1.68. The van der Waals surface area contributed by atoms with Gasteiger partial charge in [0.25, 0.3) is 0 Å². The predicted octanol–water partition coefficient (Wildman–Crippen LogP) is 3.20. The highest BCUT2D eigenvalue weighted by Gasteiger charge is 2.18. The SMILES string of the molecule is Fc1cc(N2CCN(c3cccc(Cl)c3)CC2)ccn1. The second kappa shape index (κ2) is 5.67. The number of hydrogen-bond acceptors (Lipinski definition) is 3. The zero-order valence-electron chi connectivity index (χ0n) is 11.0. The van der Waals surface area contributed by atoms with Crippen molar-refractivity contribution in [3.8, 4) is 0 Å². The van der Waals surface area contributed by atoms with Gasteiger partial charge < -0.3 is 9.80 Å². The molecule has 3 nitrogen and oxygen atoms in total. The number of anilines is 2. The molecule has 0 radical (unpaired) electrons. The largest absolute Gasteiger partial charge is 0.368 e. The Hall–Kier alpha value is -1.81. The van der Waals surface area contributed by atoms with E-state index in [4.69, 9.17) is 11.6 Å². The van der Waals surface area contributed by atoms with Crippen molar-refractivity contribution in [1.29, 1.82) is 0 Å². The molecule has 0 aliphatic carbocycles. The molecule has 1 saturated heterocycles. The van der Waals surface area contributed by atoms with Crippen LogP contribution in [0, 0.1) is 5.95 Å². The van der Waals surface area contributed by atoms with E-state index < -0.39 is 5.95 Å². The van der Waals surface area contributed by atoms with Crippen molar-refractivity contribution in [2.24, 2.45) is 0 Å². The quantitative estimate of drug-likeness (QED) is 0.792. The first-order valence-electron chi connectivity index (χ1n) is 6.59. The molecular weight excluding hydrogens is 277 g/mol. The maximum Gasteiger partial charge on any atom is 0.214 e. The molecule has 1 fully saturated rings. The molecule has 104 valence electrons. The third kappa shape index (κ3) is 2.85. The monoisotopic (exact) mass is 291 g/mol. The number of rotatable bonds is 2. The van der Waals surface area contributed by atoms with E-state index in [1.807, 2.05) is 24.3 Å². The van der Waals surface area contributed by atoms with Crippen molar-refractivity contribution in [2.75, 3.05) is 36.0 Å². The van der Waals surface area contributed by atoms with Crippen molar-refractivity contribution in [3.05, 3.63) is 53.6 Å². The lowest BCUT2D eigenvalue weighted by atomic mass is 10.2. The van der Waals surface area contributed by atoms with Crippen molar-refractivity contribution in [1.82, 2.24) is 4.98 Å². The van der Waals surface area contributed by atoms with Crippen molar-refractivity contribution < 1.29 is 4.39 Å². The number of nitrogens with zero attached hydrogens (tertiary/aromatic N) is 3. The van der Waals surface area contributed by atoms with Gasteiger partial charge in [-0.2, -0.15) is 4.39 Å². The first-order valence-corrected chi connectivity index (χ1v) is 6.97. The maximum atomic E-state index is 13.1. The summed E-state index contributed by atoms with van der Waals surface area (Å²) in [6.07, 6.45) is 1.51. The Labute approximate surface area is 122 Å². The van der Waals surface area contributed by atoms with E-state index in [0.29, 0.717) is 0 Å². The van der Waals surface area contributed by atoms with Crippen LogP contribution in [0.5, 0.6) is 0 Å². The van der Waals surface area contributed by atoms with Crippen molar-refractivity contribution in [3.63, 3.8) is 0 Å². The van der Waals surface area contributed by atoms with Gasteiger partial charge in [-0.05, 0) is 24.3 Å². The Morgan fingerprint density at radius 3 is 2.20 bits per heavy atom. The van der Waals surface area contributed by atoms with Crippen LogP contribution in [0.15, 0.2) is 42.6 Å². The van der Waals surface area contributed by atoms with Crippen molar-refractivity contribution >= 4 is 23.0 Å². The molecular formula is C15H15ClFN3. The predicted molar refractivity (Wildman–Crippen MR) is 80.1 cm³/mol. The van der Waals surface area contributed by atoms with Crippen LogP contribution >= 0.6 is 11.6 Å². The van der Waals surface area contributed by atoms with Gasteiger partial charge in [-0.25, -0.2) is 4.98 Å². The van der Waals surface area contributed by atoms with Gasteiger partial charge in [0, 0.05) is 54.8 Å². The van der Waals surface area contributed by atoms with Gasteiger partial charge in [-0.3, -0.25) is 0 Å². The molecule has 5 heteroatoms. The molecule has 1 aliphatic heterocycles. The fraction of sp³-hybridized carbons (Fsp3) is 0.267. The molecule has 0 amide bonds. The minimum absolute atomic E-state index is 0.431. The van der Waals surface area contributed by atoms with Crippen LogP contribution in [0.3, 0.4) is 0 Å². The lowest BCUT2D eigenvalue weighted by Crippen LogP contribution is -2.46. The molecule has 2 aromatic rings. The fourth-order valence-electron chi connectivity index (χ4n) is 2.48. The topological polar surface area (TPSA) is 19.4 Å². The van der Waals surface area contributed by atoms with E-state index >= 15 is 0 Å². The zero-order chi connectivity index (χ0) is 13.9. The summed E-state index contributed by atoms with van der Waals surface area (Å²) in [4.78, 5) is 8.05. The summed E-state index contributed by atoms with van der Waals surface area (Å²) < 4.78 is 13.1. The van der Waals surface area contributed by atoms with Gasteiger partial charge in [-0.15, -0.1) is 0 Å². The van der Waals surface area contributed by atoms with Gasteiger partial charge in [0.05, 0.1) is 0 Å². The molecule has 0 spiro atoms. The summed E-state index contributed by atoms with van der Waals surface area (Å²) in [6.45, 7) is 3.50. The molecule has 0 saturated carbocycles. The highest BCUT2D eigenvalue weighted by molar-refractivity contribution is 6.30. The van der Waals surface area contributed by atoms with Gasteiger partial charge in [0.2, 0.25) is 5.95 Å². The summed E-state index contributed by atoms with van der Waals surface area (Å²) in [5.74, 6) is -0.431. The molecule has 0 N–H and O–H groups in total. The first kappa shape index (κ1) is 13.2. The van der Waals surface area contributed by atoms with Gasteiger partial charge in [0.15, 0.2) is 0 Å². The molecule has 0 unspecified atom stereocenters. The molecule has 0 atom stereocenters. The summed E-state index contributed by atoms with van der Waals surface area (Å²) in [6, 6.07) is 11.2. The molecule has 0 bridgehead atoms. The number of benzene rings is 1. The number of piperazine rings is 1. The lowest BCUT2D eigenvalue weighted by Gasteiger charge is -2.37. The number of pyridine rings is 1. The van der Waals surface area contributed by atoms with E-state index in [0.717, 1.165) is 42.6 Å². The highest BCUT2D eigenvalue weighted by Crippen LogP contribution is 2.22. The van der Waals surface area contributed by atoms with Crippen LogP contribution in [-0.2, 0) is 0 Å². The Bertz CT molecular complexity index is 544. The smallest absolute Gasteiger partial charge is 0.214 e. The summed E-state index contributed by atoms with van der Waals surface area (Å²) in [7, 11) is 0. The summed E-state index contributed by atoms with van der Waals surface area (Å²) in [5.41, 5.74) is 2.03. The maximum absolute atomic E-state index is 13.1. The Morgan fingerprint density at radius 1 is 0.950 bits per heavy atom. The van der Waals surface area contributed by atoms with Crippen LogP contribution in [0.1, 0.15) is 0 Å². The lowest BCUT2D eigenvalue weighted by molar-refractivity contribution is 0.580. The van der Waals surface area contributed by atoms with Crippen LogP contribution < -0.4 is 9.80 Å². The normalized spacial score (nSPS) is 15.5. The third-order valence-electron chi connectivity index (χ3n) is 3.53. The average Bonchev–Trinajstić information content (AvgIpc) is 2.47. The van der Waals surface area contributed by atoms with E-state index in [1.165, 1.54) is 12.3 Å². The van der Waals surface area contributed by atoms with E-state index in [2.05, 4.69) is 20.9 Å². The number of hydrogen-bond donors (Lipinski definition) is 0. The van der Waals surface area contributed by atoms with Gasteiger partial charge in [-0.1, -0.05) is 17.7 Å². The molecule has 2 heterocycles. The Kier molecular flexibility index (Phi) is 3.74. The Morgan fingerprint density at radius 2 is 1.60 bits per heavy atom. The first-order chi connectivity index (χ1) is 9.72. The standard InChI is InChI=1S/C15H15ClFN3/c16-12-2-1-3-13(10-12)19-6-8-20(9-7-19)14-4-5-18-15(17)11-14/h1-5,10-11H,6-9H2. The van der Waals surface area contributed by atoms with Crippen LogP contribution in [0.2, 0.25) is 5.02 Å². The zero-order valence-corrected chi connectivity index (χ0v) is 11.7. The summed E-state index contributed by atoms with van der Waals surface area (Å²) in [5, 5.41) is 0.751. The van der Waals surface area contributed by atoms with Gasteiger partial charge >= 0.3 is 0 Å². The highest BCUT2D eigenvalue weighted by atomic mass is 35.5. The van der Waals surface area contributed by atoms with Crippen LogP contribution in [0.25, 0.3) is 0 Å².